The molecule has 0 radical (unpaired) electrons. The van der Waals surface area contributed by atoms with Crippen molar-refractivity contribution in [3.63, 3.8) is 0 Å². The van der Waals surface area contributed by atoms with Crippen LogP contribution >= 0.6 is 0 Å². The van der Waals surface area contributed by atoms with Gasteiger partial charge in [0.15, 0.2) is 0 Å². The van der Waals surface area contributed by atoms with Gasteiger partial charge >= 0.3 is 0 Å². The number of nitrogens with two attached hydrogens (primary N) is 4. The Morgan fingerprint density at radius 1 is 0.574 bits per heavy atom. The standard InChI is InChI=1S/C14H18N4.C13H13N3O2.C6H7N3O.C5H7N3/c15-7-10-18(11-13-5-1-3-8-16-13)12-14-6-2-4-9-17-14;14-16-13(17)11-6-1-2-7-12(11)18-9-10-5-3-4-8-15-10;7-9-6(10)5-3-1-2-4-8-5;6-8-5-3-1-2-4-7-5/h1-6,8-9H,7,10-12,15H2;1-8H,9,14H2,(H,16,17);1-4H,7H2,(H,9,10);1-4H,6H2,(H,7,8). The zero-order valence-electron chi connectivity index (χ0n) is 29.6. The van der Waals surface area contributed by atoms with Crippen molar-refractivity contribution in [1.29, 1.82) is 0 Å². The largest absolute Gasteiger partial charge is 0.486 e. The molecule has 6 rings (SSSR count). The number of para-hydroxylation sites is 1. The molecule has 0 atom stereocenters. The van der Waals surface area contributed by atoms with E-state index in [-0.39, 0.29) is 11.8 Å². The average molecular weight is 732 g/mol. The van der Waals surface area contributed by atoms with E-state index in [1.54, 1.807) is 60.9 Å². The molecule has 0 saturated carbocycles. The summed E-state index contributed by atoms with van der Waals surface area (Å²) in [6.45, 7) is 3.38. The number of hydrogen-bond donors (Lipinski definition) is 7. The fourth-order valence-electron chi connectivity index (χ4n) is 4.35. The summed E-state index contributed by atoms with van der Waals surface area (Å²) in [4.78, 5) is 44.9. The van der Waals surface area contributed by atoms with Crippen molar-refractivity contribution >= 4 is 17.6 Å². The Bertz CT molecular complexity index is 1840. The predicted molar refractivity (Wildman–Crippen MR) is 206 cm³/mol. The van der Waals surface area contributed by atoms with Crippen LogP contribution in [0.1, 0.15) is 37.9 Å². The third kappa shape index (κ3) is 16.1. The molecule has 0 aliphatic heterocycles. The molecule has 0 spiro atoms. The maximum atomic E-state index is 11.5. The van der Waals surface area contributed by atoms with Gasteiger partial charge in [-0.25, -0.2) is 22.5 Å². The Kier molecular flexibility index (Phi) is 19.5. The Balaban J connectivity index is 0.000000204. The molecule has 0 unspecified atom stereocenters. The van der Waals surface area contributed by atoms with Gasteiger partial charge < -0.3 is 15.9 Å². The van der Waals surface area contributed by atoms with Crippen molar-refractivity contribution in [2.45, 2.75) is 19.7 Å². The van der Waals surface area contributed by atoms with Gasteiger partial charge in [-0.2, -0.15) is 0 Å². The van der Waals surface area contributed by atoms with Crippen LogP contribution in [0, 0.1) is 0 Å². The number of hydrogen-bond acceptors (Lipinski definition) is 14. The third-order valence-corrected chi connectivity index (χ3v) is 6.87. The van der Waals surface area contributed by atoms with Crippen molar-refractivity contribution in [3.8, 4) is 5.75 Å². The highest BCUT2D eigenvalue weighted by molar-refractivity contribution is 5.96. The molecule has 5 heterocycles. The van der Waals surface area contributed by atoms with Crippen LogP contribution in [-0.2, 0) is 19.7 Å². The average Bonchev–Trinajstić information content (AvgIpc) is 3.25. The number of nitrogens with zero attached hydrogens (tertiary/aromatic N) is 6. The van der Waals surface area contributed by atoms with Crippen LogP contribution in [0.3, 0.4) is 0 Å². The quantitative estimate of drug-likeness (QED) is 0.0543. The molecule has 6 aromatic rings. The lowest BCUT2D eigenvalue weighted by molar-refractivity contribution is 0.0941. The van der Waals surface area contributed by atoms with Gasteiger partial charge in [0.05, 0.1) is 22.6 Å². The molecule has 0 aliphatic carbocycles. The number of anilines is 1. The van der Waals surface area contributed by atoms with Crippen LogP contribution in [0.25, 0.3) is 0 Å². The topological polar surface area (TPSA) is 251 Å². The first kappa shape index (κ1) is 41.7. The first-order valence-electron chi connectivity index (χ1n) is 16.6. The number of hydrazine groups is 3. The van der Waals surface area contributed by atoms with Gasteiger partial charge in [0, 0.05) is 57.2 Å². The minimum absolute atomic E-state index is 0.301. The number of amides is 2. The first-order valence-corrected chi connectivity index (χ1v) is 16.6. The normalized spacial score (nSPS) is 9.80. The summed E-state index contributed by atoms with van der Waals surface area (Å²) in [5, 5.41) is 0. The Hall–Kier alpha value is -6.69. The summed E-state index contributed by atoms with van der Waals surface area (Å²) < 4.78 is 5.57. The van der Waals surface area contributed by atoms with Crippen molar-refractivity contribution < 1.29 is 14.3 Å². The molecule has 0 saturated heterocycles. The lowest BCUT2D eigenvalue weighted by atomic mass is 10.2. The molecule has 1 aromatic carbocycles. The minimum Gasteiger partial charge on any atom is -0.486 e. The summed E-state index contributed by atoms with van der Waals surface area (Å²) >= 11 is 0. The summed E-state index contributed by atoms with van der Waals surface area (Å²) in [6, 6.07) is 34.9. The van der Waals surface area contributed by atoms with Gasteiger partial charge in [0.1, 0.15) is 23.9 Å². The molecule has 5 aromatic heterocycles. The van der Waals surface area contributed by atoms with E-state index in [9.17, 15) is 9.59 Å². The first-order chi connectivity index (χ1) is 26.5. The monoisotopic (exact) mass is 731 g/mol. The van der Waals surface area contributed by atoms with Gasteiger partial charge in [-0.1, -0.05) is 42.5 Å². The zero-order chi connectivity index (χ0) is 38.6. The molecule has 16 heteroatoms. The Morgan fingerprint density at radius 3 is 1.52 bits per heavy atom. The van der Waals surface area contributed by atoms with E-state index in [1.165, 1.54) is 6.20 Å². The zero-order valence-corrected chi connectivity index (χ0v) is 29.6. The molecule has 11 N–H and O–H groups in total. The maximum absolute atomic E-state index is 11.5. The minimum atomic E-state index is -0.383. The van der Waals surface area contributed by atoms with E-state index in [2.05, 4.69) is 40.7 Å². The van der Waals surface area contributed by atoms with Crippen molar-refractivity contribution in [3.05, 3.63) is 175 Å². The molecular formula is C38H45N13O3. The molecule has 280 valence electrons. The lowest BCUT2D eigenvalue weighted by Crippen LogP contribution is -2.30. The molecular weight excluding hydrogens is 687 g/mol. The fraction of sp³-hybridized carbons (Fsp3) is 0.132. The predicted octanol–water partition coefficient (Wildman–Crippen LogP) is 2.75. The smallest absolute Gasteiger partial charge is 0.283 e. The number of ether oxygens (including phenoxy) is 1. The third-order valence-electron chi connectivity index (χ3n) is 6.87. The van der Waals surface area contributed by atoms with Gasteiger partial charge in [0.25, 0.3) is 11.8 Å². The summed E-state index contributed by atoms with van der Waals surface area (Å²) in [6.07, 6.45) is 8.53. The molecule has 0 fully saturated rings. The van der Waals surface area contributed by atoms with Crippen molar-refractivity contribution in [2.75, 3.05) is 18.5 Å². The number of rotatable bonds is 12. The highest BCUT2D eigenvalue weighted by Gasteiger charge is 2.11. The summed E-state index contributed by atoms with van der Waals surface area (Å²) in [5.41, 5.74) is 15.8. The van der Waals surface area contributed by atoms with Crippen molar-refractivity contribution in [1.82, 2.24) is 40.7 Å². The number of carbonyl (C=O) groups is 2. The second-order valence-electron chi connectivity index (χ2n) is 10.8. The highest BCUT2D eigenvalue weighted by Crippen LogP contribution is 2.18. The number of pyridine rings is 5. The van der Waals surface area contributed by atoms with E-state index in [1.807, 2.05) is 84.5 Å². The SMILES string of the molecule is NCCN(Cc1ccccn1)Cc1ccccn1.NNC(=O)c1ccccc1OCc1ccccn1.NNC(=O)c1ccccn1.NNc1ccccn1. The van der Waals surface area contributed by atoms with Crippen LogP contribution in [0.5, 0.6) is 5.75 Å². The number of aromatic nitrogens is 5. The summed E-state index contributed by atoms with van der Waals surface area (Å²) in [7, 11) is 0. The molecule has 54 heavy (non-hydrogen) atoms. The molecule has 2 amide bonds. The van der Waals surface area contributed by atoms with E-state index >= 15 is 0 Å². The molecule has 16 nitrogen and oxygen atoms in total. The van der Waals surface area contributed by atoms with Crippen LogP contribution in [0.15, 0.2) is 146 Å². The molecule has 0 aliphatic rings. The number of nitrogens with one attached hydrogen (secondary N) is 3. The van der Waals surface area contributed by atoms with Gasteiger partial charge in [-0.15, -0.1) is 0 Å². The van der Waals surface area contributed by atoms with Gasteiger partial charge in [0.2, 0.25) is 0 Å². The lowest BCUT2D eigenvalue weighted by Gasteiger charge is -2.20. The second-order valence-corrected chi connectivity index (χ2v) is 10.8. The number of benzene rings is 1. The van der Waals surface area contributed by atoms with E-state index in [0.29, 0.717) is 36.0 Å². The second kappa shape index (κ2) is 25.3. The van der Waals surface area contributed by atoms with Crippen LogP contribution < -0.4 is 44.3 Å². The van der Waals surface area contributed by atoms with Gasteiger partial charge in [-0.05, 0) is 72.8 Å². The molecule has 0 bridgehead atoms. The maximum Gasteiger partial charge on any atom is 0.283 e. The van der Waals surface area contributed by atoms with Gasteiger partial charge in [-0.3, -0.25) is 45.3 Å². The van der Waals surface area contributed by atoms with E-state index in [0.717, 1.165) is 36.7 Å². The van der Waals surface area contributed by atoms with Crippen molar-refractivity contribution in [2.24, 2.45) is 23.3 Å². The van der Waals surface area contributed by atoms with Crippen LogP contribution in [0.2, 0.25) is 0 Å². The number of carbonyl (C=O) groups excluding carboxylic acids is 2. The van der Waals surface area contributed by atoms with Crippen LogP contribution in [-0.4, -0.2) is 54.7 Å². The van der Waals surface area contributed by atoms with E-state index in [4.69, 9.17) is 28.0 Å². The van der Waals surface area contributed by atoms with Crippen LogP contribution in [0.4, 0.5) is 5.82 Å². The fourth-order valence-corrected chi connectivity index (χ4v) is 4.35. The number of nitrogen functional groups attached to an aromatic ring is 3. The Labute approximate surface area is 314 Å². The highest BCUT2D eigenvalue weighted by atomic mass is 16.5. The summed E-state index contributed by atoms with van der Waals surface area (Å²) in [5.74, 6) is 15.4. The Morgan fingerprint density at radius 2 is 1.07 bits per heavy atom. The van der Waals surface area contributed by atoms with E-state index < -0.39 is 0 Å².